The first kappa shape index (κ1) is 18.6. The molecule has 2 heterocycles. The number of halogens is 1. The van der Waals surface area contributed by atoms with Gasteiger partial charge in [-0.1, -0.05) is 36.4 Å². The summed E-state index contributed by atoms with van der Waals surface area (Å²) in [5, 5.41) is 0. The summed E-state index contributed by atoms with van der Waals surface area (Å²) in [4.78, 5) is 27.1. The minimum absolute atomic E-state index is 0. The third-order valence-corrected chi connectivity index (χ3v) is 5.25. The summed E-state index contributed by atoms with van der Waals surface area (Å²) in [7, 11) is 0. The van der Waals surface area contributed by atoms with Gasteiger partial charge in [-0.2, -0.15) is 0 Å². The smallest absolute Gasteiger partial charge is 0.231 e. The predicted molar refractivity (Wildman–Crippen MR) is 96.0 cm³/mol. The summed E-state index contributed by atoms with van der Waals surface area (Å²) in [5.74, 6) is 0.815. The van der Waals surface area contributed by atoms with Gasteiger partial charge in [0.1, 0.15) is 0 Å². The van der Waals surface area contributed by atoms with E-state index in [-0.39, 0.29) is 48.9 Å². The molecule has 3 aromatic rings. The van der Waals surface area contributed by atoms with Crippen molar-refractivity contribution in [3.05, 3.63) is 89.7 Å². The van der Waals surface area contributed by atoms with Crippen LogP contribution < -0.4 is 38.0 Å². The molecule has 0 radical (unpaired) electrons. The van der Waals surface area contributed by atoms with Crippen molar-refractivity contribution in [3.63, 3.8) is 0 Å². The number of ether oxygens (including phenoxy) is 2. The van der Waals surface area contributed by atoms with Crippen LogP contribution in [-0.4, -0.2) is 18.4 Å². The van der Waals surface area contributed by atoms with Crippen LogP contribution in [0.25, 0.3) is 0 Å². The van der Waals surface area contributed by atoms with Gasteiger partial charge >= 0.3 is 0 Å². The van der Waals surface area contributed by atoms with Crippen LogP contribution in [0.1, 0.15) is 26.3 Å². The maximum Gasteiger partial charge on any atom is 0.231 e. The van der Waals surface area contributed by atoms with Gasteiger partial charge in [-0.15, -0.1) is 0 Å². The summed E-state index contributed by atoms with van der Waals surface area (Å²) in [6.45, 7) is 0.362. The van der Waals surface area contributed by atoms with E-state index in [2.05, 4.69) is 0 Å². The summed E-state index contributed by atoms with van der Waals surface area (Å²) in [6, 6.07) is 18.0. The summed E-state index contributed by atoms with van der Waals surface area (Å²) >= 11 is 0. The number of fused-ring (bicyclic) bond motifs is 2. The Hall–Kier alpha value is -2.74. The van der Waals surface area contributed by atoms with E-state index in [1.807, 2.05) is 35.2 Å². The number of carbonyl (C=O) groups excluding carboxylic acids is 2. The number of nitrogens with zero attached hydrogens (tertiary/aromatic N) is 1. The number of aromatic nitrogens is 1. The maximum atomic E-state index is 13.5. The normalized spacial score (nSPS) is 15.9. The van der Waals surface area contributed by atoms with Gasteiger partial charge < -0.3 is 33.5 Å². The number of rotatable bonds is 3. The third kappa shape index (κ3) is 2.63. The van der Waals surface area contributed by atoms with Gasteiger partial charge in [-0.05, 0) is 17.7 Å². The van der Waals surface area contributed by atoms with E-state index in [9.17, 15) is 9.59 Å². The molecule has 6 heteroatoms. The highest BCUT2D eigenvalue weighted by atomic mass is 127. The highest BCUT2D eigenvalue weighted by molar-refractivity contribution is 6.33. The highest BCUT2D eigenvalue weighted by Crippen LogP contribution is 2.43. The van der Waals surface area contributed by atoms with E-state index >= 15 is 0 Å². The van der Waals surface area contributed by atoms with Crippen LogP contribution >= 0.6 is 0 Å². The van der Waals surface area contributed by atoms with Gasteiger partial charge in [0, 0.05) is 23.3 Å². The van der Waals surface area contributed by atoms with E-state index in [0.717, 1.165) is 0 Å². The Balaban J connectivity index is 0.00000192. The lowest BCUT2D eigenvalue weighted by Gasteiger charge is -2.23. The molecular weight excluding hydrogens is 469 g/mol. The molecule has 0 bridgehead atoms. The number of benzene rings is 2. The molecule has 140 valence electrons. The van der Waals surface area contributed by atoms with Crippen LogP contribution in [0.15, 0.2) is 73.1 Å². The maximum absolute atomic E-state index is 13.5. The molecule has 28 heavy (non-hydrogen) atoms. The van der Waals surface area contributed by atoms with E-state index in [1.54, 1.807) is 42.5 Å². The monoisotopic (exact) mass is 485 g/mol. The van der Waals surface area contributed by atoms with Gasteiger partial charge in [-0.3, -0.25) is 9.59 Å². The number of Topliss-reactive ketones (excluding diaryl/α,β-unsaturated/α-hetero) is 2. The van der Waals surface area contributed by atoms with Crippen LogP contribution in [0.2, 0.25) is 0 Å². The van der Waals surface area contributed by atoms with Gasteiger partial charge in [0.2, 0.25) is 6.79 Å². The molecule has 5 rings (SSSR count). The van der Waals surface area contributed by atoms with Crippen molar-refractivity contribution in [2.45, 2.75) is 12.0 Å². The lowest BCUT2D eigenvalue weighted by Crippen LogP contribution is -3.00. The molecule has 0 saturated heterocycles. The zero-order valence-electron chi connectivity index (χ0n) is 14.8. The van der Waals surface area contributed by atoms with E-state index in [4.69, 9.17) is 9.47 Å². The van der Waals surface area contributed by atoms with Crippen LogP contribution in [-0.2, 0) is 12.0 Å². The Morgan fingerprint density at radius 2 is 1.46 bits per heavy atom. The number of carbonyl (C=O) groups is 2. The van der Waals surface area contributed by atoms with E-state index < -0.39 is 5.41 Å². The van der Waals surface area contributed by atoms with Crippen molar-refractivity contribution in [2.24, 2.45) is 0 Å². The van der Waals surface area contributed by atoms with Crippen LogP contribution in [0.3, 0.4) is 0 Å². The molecule has 2 aliphatic rings. The topological polar surface area (TPSA) is 56.5 Å². The molecule has 0 unspecified atom stereocenters. The Labute approximate surface area is 178 Å². The molecule has 1 aliphatic carbocycles. The number of hydrogen-bond acceptors (Lipinski definition) is 4. The second-order valence-electron chi connectivity index (χ2n) is 6.73. The third-order valence-electron chi connectivity index (χ3n) is 5.25. The fourth-order valence-corrected chi connectivity index (χ4v) is 3.91. The number of pyridine rings is 1. The largest absolute Gasteiger partial charge is 1.00 e. The molecule has 5 nitrogen and oxygen atoms in total. The zero-order valence-corrected chi connectivity index (χ0v) is 17.0. The molecular formula is C22H16INO4. The second-order valence-corrected chi connectivity index (χ2v) is 6.73. The van der Waals surface area contributed by atoms with Crippen molar-refractivity contribution >= 4 is 11.6 Å². The van der Waals surface area contributed by atoms with Crippen LogP contribution in [0.4, 0.5) is 0 Å². The van der Waals surface area contributed by atoms with Gasteiger partial charge in [-0.25, -0.2) is 4.57 Å². The SMILES string of the molecule is O=C1c2ccccc2C(=O)C1(C[n+]1ccccc1)c1ccc2c(c1)OCO2.[I-]. The van der Waals surface area contributed by atoms with Crippen molar-refractivity contribution in [3.8, 4) is 11.5 Å². The fourth-order valence-electron chi connectivity index (χ4n) is 3.91. The predicted octanol–water partition coefficient (Wildman–Crippen LogP) is -0.276. The number of ketones is 2. The van der Waals surface area contributed by atoms with E-state index in [1.165, 1.54) is 0 Å². The standard InChI is InChI=1S/C22H16NO4.HI/c24-20-16-6-2-3-7-17(16)21(25)22(20,13-23-10-4-1-5-11-23)15-8-9-18-19(12-15)27-14-26-18;/h1-12H,13-14H2;1H/q+1;/p-1. The summed E-state index contributed by atoms with van der Waals surface area (Å²) in [6.07, 6.45) is 3.72. The quantitative estimate of drug-likeness (QED) is 0.291. The van der Waals surface area contributed by atoms with Crippen molar-refractivity contribution in [1.82, 2.24) is 0 Å². The lowest BCUT2D eigenvalue weighted by atomic mass is 9.75. The first-order valence-corrected chi connectivity index (χ1v) is 8.73. The van der Waals surface area contributed by atoms with Gasteiger partial charge in [0.15, 0.2) is 47.4 Å². The molecule has 0 saturated carbocycles. The van der Waals surface area contributed by atoms with Crippen molar-refractivity contribution < 1.29 is 47.6 Å². The molecule has 1 aromatic heterocycles. The zero-order chi connectivity index (χ0) is 18.4. The Morgan fingerprint density at radius 3 is 2.14 bits per heavy atom. The minimum Gasteiger partial charge on any atom is -1.00 e. The average Bonchev–Trinajstić information content (AvgIpc) is 3.26. The molecule has 0 spiro atoms. The first-order chi connectivity index (χ1) is 13.2. The molecule has 0 amide bonds. The first-order valence-electron chi connectivity index (χ1n) is 8.73. The average molecular weight is 485 g/mol. The molecule has 2 aromatic carbocycles. The van der Waals surface area contributed by atoms with Crippen molar-refractivity contribution in [1.29, 1.82) is 0 Å². The molecule has 0 N–H and O–H groups in total. The Kier molecular flexibility index (Phi) is 4.66. The Bertz CT molecular complexity index is 1050. The van der Waals surface area contributed by atoms with Gasteiger partial charge in [0.05, 0.1) is 0 Å². The molecule has 0 fully saturated rings. The van der Waals surface area contributed by atoms with Crippen molar-refractivity contribution in [2.75, 3.05) is 6.79 Å². The molecule has 1 aliphatic heterocycles. The second kappa shape index (κ2) is 7.01. The lowest BCUT2D eigenvalue weighted by molar-refractivity contribution is -0.700. The minimum atomic E-state index is -1.32. The summed E-state index contributed by atoms with van der Waals surface area (Å²) < 4.78 is 12.7. The number of hydrogen-bond donors (Lipinski definition) is 0. The summed E-state index contributed by atoms with van der Waals surface area (Å²) in [5.41, 5.74) is 0.235. The highest BCUT2D eigenvalue weighted by Gasteiger charge is 2.57. The fraction of sp³-hybridized carbons (Fsp3) is 0.136. The van der Waals surface area contributed by atoms with Crippen LogP contribution in [0.5, 0.6) is 11.5 Å². The van der Waals surface area contributed by atoms with Gasteiger partial charge in [0.25, 0.3) is 0 Å². The van der Waals surface area contributed by atoms with E-state index in [0.29, 0.717) is 28.2 Å². The Morgan fingerprint density at radius 1 is 0.821 bits per heavy atom. The molecule has 0 atom stereocenters. The van der Waals surface area contributed by atoms with Crippen LogP contribution in [0, 0.1) is 0 Å².